The van der Waals surface area contributed by atoms with Crippen LogP contribution < -0.4 is 10.2 Å². The van der Waals surface area contributed by atoms with Gasteiger partial charge in [0.05, 0.1) is 37.9 Å². The summed E-state index contributed by atoms with van der Waals surface area (Å²) in [4.78, 5) is 35.6. The first-order valence-corrected chi connectivity index (χ1v) is 9.93. The summed E-state index contributed by atoms with van der Waals surface area (Å²) in [6.45, 7) is 2.29. The van der Waals surface area contributed by atoms with Crippen molar-refractivity contribution in [2.24, 2.45) is 5.92 Å². The third kappa shape index (κ3) is 4.23. The van der Waals surface area contributed by atoms with Crippen LogP contribution in [0.3, 0.4) is 0 Å². The fraction of sp³-hybridized carbons (Fsp3) is 0.733. The second kappa shape index (κ2) is 7.85. The number of ether oxygens (including phenoxy) is 2. The summed E-state index contributed by atoms with van der Waals surface area (Å²) < 4.78 is 29.2. The number of carbonyl (C=O) groups excluding carboxylic acids is 2. The van der Waals surface area contributed by atoms with Gasteiger partial charge in [0.1, 0.15) is 6.10 Å². The minimum absolute atomic E-state index is 0.144. The van der Waals surface area contributed by atoms with Crippen molar-refractivity contribution in [3.63, 3.8) is 0 Å². The SMILES string of the molecule is CC1=CC([C@@H]2CC(O)[C@@H](COP(=O)([O-])N3CCOCC3)O2)C(=O)NC1=O. The molecule has 2 fully saturated rings. The molecule has 0 aromatic carbocycles. The monoisotopic (exact) mass is 389 g/mol. The van der Waals surface area contributed by atoms with Crippen LogP contribution in [0.1, 0.15) is 13.3 Å². The van der Waals surface area contributed by atoms with E-state index in [1.54, 1.807) is 6.92 Å². The molecule has 3 heterocycles. The predicted octanol–water partition coefficient (Wildman–Crippen LogP) is -1.46. The molecule has 0 aromatic heterocycles. The summed E-state index contributed by atoms with van der Waals surface area (Å²) in [5.41, 5.74) is 0.392. The first-order chi connectivity index (χ1) is 12.3. The number of nitrogens with zero attached hydrogens (tertiary/aromatic N) is 1. The van der Waals surface area contributed by atoms with E-state index in [2.05, 4.69) is 5.32 Å². The normalized spacial score (nSPS) is 35.7. The number of hydrogen-bond donors (Lipinski definition) is 2. The van der Waals surface area contributed by atoms with E-state index in [-0.39, 0.29) is 26.1 Å². The highest BCUT2D eigenvalue weighted by Crippen LogP contribution is 2.43. The van der Waals surface area contributed by atoms with Crippen LogP contribution in [0.15, 0.2) is 11.6 Å². The van der Waals surface area contributed by atoms with E-state index >= 15 is 0 Å². The molecule has 3 unspecified atom stereocenters. The lowest BCUT2D eigenvalue weighted by atomic mass is 9.93. The zero-order chi connectivity index (χ0) is 18.9. The van der Waals surface area contributed by atoms with Gasteiger partial charge in [0.25, 0.3) is 5.91 Å². The van der Waals surface area contributed by atoms with Crippen LogP contribution in [0.2, 0.25) is 0 Å². The molecular weight excluding hydrogens is 367 g/mol. The molecule has 2 N–H and O–H groups in total. The number of rotatable bonds is 5. The fourth-order valence-electron chi connectivity index (χ4n) is 3.18. The van der Waals surface area contributed by atoms with E-state index in [1.165, 1.54) is 10.7 Å². The molecule has 2 saturated heterocycles. The molecule has 11 heteroatoms. The van der Waals surface area contributed by atoms with Crippen molar-refractivity contribution in [2.75, 3.05) is 32.9 Å². The molecule has 0 saturated carbocycles. The molecule has 2 amide bonds. The molecule has 0 radical (unpaired) electrons. The van der Waals surface area contributed by atoms with Gasteiger partial charge in [-0.05, 0) is 6.92 Å². The Hall–Kier alpha value is -1.13. The fourth-order valence-corrected chi connectivity index (χ4v) is 4.33. The highest BCUT2D eigenvalue weighted by atomic mass is 31.2. The highest BCUT2D eigenvalue weighted by molar-refractivity contribution is 7.48. The Labute approximate surface area is 150 Å². The molecule has 146 valence electrons. The molecule has 0 bridgehead atoms. The Morgan fingerprint density at radius 3 is 2.81 bits per heavy atom. The first-order valence-electron chi connectivity index (χ1n) is 8.44. The number of carbonyl (C=O) groups is 2. The molecule has 26 heavy (non-hydrogen) atoms. The topological polar surface area (TPSA) is 137 Å². The van der Waals surface area contributed by atoms with Gasteiger partial charge in [0, 0.05) is 25.1 Å². The first kappa shape index (κ1) is 19.6. The summed E-state index contributed by atoms with van der Waals surface area (Å²) >= 11 is 0. The lowest BCUT2D eigenvalue weighted by Gasteiger charge is -2.37. The Kier molecular flexibility index (Phi) is 5.93. The maximum absolute atomic E-state index is 12.2. The molecule has 5 atom stereocenters. The summed E-state index contributed by atoms with van der Waals surface area (Å²) in [6, 6.07) is 0. The predicted molar refractivity (Wildman–Crippen MR) is 85.6 cm³/mol. The van der Waals surface area contributed by atoms with E-state index in [0.717, 1.165) is 0 Å². The van der Waals surface area contributed by atoms with Gasteiger partial charge in [-0.3, -0.25) is 19.5 Å². The van der Waals surface area contributed by atoms with Crippen LogP contribution in [0.4, 0.5) is 0 Å². The molecule has 0 aromatic rings. The number of imide groups is 1. The van der Waals surface area contributed by atoms with E-state index in [1.807, 2.05) is 0 Å². The summed E-state index contributed by atoms with van der Waals surface area (Å²) in [6.07, 6.45) is -0.846. The quantitative estimate of drug-likeness (QED) is 0.427. The van der Waals surface area contributed by atoms with Gasteiger partial charge < -0.3 is 24.0 Å². The maximum atomic E-state index is 12.2. The zero-order valence-electron chi connectivity index (χ0n) is 14.3. The van der Waals surface area contributed by atoms with Gasteiger partial charge in [0.2, 0.25) is 13.7 Å². The zero-order valence-corrected chi connectivity index (χ0v) is 15.2. The minimum atomic E-state index is -4.25. The molecule has 3 aliphatic rings. The van der Waals surface area contributed by atoms with Crippen LogP contribution in [0, 0.1) is 5.92 Å². The smallest absolute Gasteiger partial charge is 0.253 e. The van der Waals surface area contributed by atoms with Gasteiger partial charge in [0.15, 0.2) is 0 Å². The van der Waals surface area contributed by atoms with E-state index < -0.39 is 43.8 Å². The van der Waals surface area contributed by atoms with Crippen molar-refractivity contribution in [1.82, 2.24) is 9.99 Å². The molecule has 0 spiro atoms. The van der Waals surface area contributed by atoms with Crippen LogP contribution in [-0.2, 0) is 28.2 Å². The summed E-state index contributed by atoms with van der Waals surface area (Å²) in [5, 5.41) is 12.4. The van der Waals surface area contributed by atoms with E-state index in [4.69, 9.17) is 14.0 Å². The van der Waals surface area contributed by atoms with Crippen LogP contribution in [-0.4, -0.2) is 72.8 Å². The number of nitrogens with one attached hydrogen (secondary N) is 1. The van der Waals surface area contributed by atoms with E-state index in [9.17, 15) is 24.2 Å². The Morgan fingerprint density at radius 1 is 1.42 bits per heavy atom. The maximum Gasteiger partial charge on any atom is 0.253 e. The van der Waals surface area contributed by atoms with Gasteiger partial charge in [-0.1, -0.05) is 6.08 Å². The molecule has 3 rings (SSSR count). The average molecular weight is 389 g/mol. The van der Waals surface area contributed by atoms with E-state index in [0.29, 0.717) is 18.8 Å². The largest absolute Gasteiger partial charge is 0.766 e. The lowest BCUT2D eigenvalue weighted by molar-refractivity contribution is -0.218. The third-order valence-corrected chi connectivity index (χ3v) is 6.28. The number of amides is 2. The van der Waals surface area contributed by atoms with Crippen molar-refractivity contribution in [3.8, 4) is 0 Å². The second-order valence-electron chi connectivity index (χ2n) is 6.54. The molecular formula is C15H22N2O8P-. The second-order valence-corrected chi connectivity index (χ2v) is 8.30. The van der Waals surface area contributed by atoms with Gasteiger partial charge in [-0.15, -0.1) is 0 Å². The number of morpholine rings is 1. The van der Waals surface area contributed by atoms with Gasteiger partial charge in [-0.2, -0.15) is 0 Å². The third-order valence-electron chi connectivity index (χ3n) is 4.72. The number of aliphatic hydroxyl groups is 1. The van der Waals surface area contributed by atoms with Crippen molar-refractivity contribution in [2.45, 2.75) is 31.7 Å². The van der Waals surface area contributed by atoms with Crippen molar-refractivity contribution in [3.05, 3.63) is 11.6 Å². The van der Waals surface area contributed by atoms with Crippen LogP contribution in [0.25, 0.3) is 0 Å². The Morgan fingerprint density at radius 2 is 2.12 bits per heavy atom. The van der Waals surface area contributed by atoms with Gasteiger partial charge in [-0.25, -0.2) is 4.67 Å². The Balaban J connectivity index is 1.58. The molecule has 10 nitrogen and oxygen atoms in total. The summed E-state index contributed by atoms with van der Waals surface area (Å²) in [5.74, 6) is -1.67. The van der Waals surface area contributed by atoms with Crippen LogP contribution in [0.5, 0.6) is 0 Å². The van der Waals surface area contributed by atoms with Crippen LogP contribution >= 0.6 is 7.75 Å². The number of hydrogen-bond acceptors (Lipinski definition) is 8. The summed E-state index contributed by atoms with van der Waals surface area (Å²) in [7, 11) is -4.25. The standard InChI is InChI=1S/C15H23N2O8P/c1-9-6-10(15(20)16-14(9)19)12-7-11(18)13(25-12)8-24-26(21,22)17-2-4-23-5-3-17/h6,10-13,18H,2-5,7-8H2,1H3,(H,21,22)(H,16,19,20)/p-1/t10?,11?,12-,13+/m0/s1. The van der Waals surface area contributed by atoms with Crippen molar-refractivity contribution < 1.29 is 38.2 Å². The molecule has 3 aliphatic heterocycles. The lowest BCUT2D eigenvalue weighted by Crippen LogP contribution is -2.44. The average Bonchev–Trinajstić information content (AvgIpc) is 2.98. The molecule has 0 aliphatic carbocycles. The van der Waals surface area contributed by atoms with Crippen molar-refractivity contribution in [1.29, 1.82) is 0 Å². The number of aliphatic hydroxyl groups excluding tert-OH is 1. The minimum Gasteiger partial charge on any atom is -0.766 e. The van der Waals surface area contributed by atoms with Gasteiger partial charge >= 0.3 is 0 Å². The highest BCUT2D eigenvalue weighted by Gasteiger charge is 2.42. The Bertz CT molecular complexity index is 648. The van der Waals surface area contributed by atoms with Crippen molar-refractivity contribution >= 4 is 19.6 Å².